The summed E-state index contributed by atoms with van der Waals surface area (Å²) < 4.78 is 5.75. The van der Waals surface area contributed by atoms with Crippen molar-refractivity contribution in [2.75, 3.05) is 0 Å². The number of rotatable bonds is 7. The topological polar surface area (TPSA) is 62.5 Å². The Morgan fingerprint density at radius 3 is 2.64 bits per heavy atom. The van der Waals surface area contributed by atoms with Gasteiger partial charge in [0.1, 0.15) is 17.6 Å². The van der Waals surface area contributed by atoms with Gasteiger partial charge in [0, 0.05) is 5.56 Å². The summed E-state index contributed by atoms with van der Waals surface area (Å²) in [5, 5.41) is 12.9. The highest BCUT2D eigenvalue weighted by molar-refractivity contribution is 6.33. The van der Waals surface area contributed by atoms with Gasteiger partial charge < -0.3 is 9.52 Å². The van der Waals surface area contributed by atoms with E-state index >= 15 is 0 Å². The van der Waals surface area contributed by atoms with E-state index in [0.717, 1.165) is 5.56 Å². The van der Waals surface area contributed by atoms with Gasteiger partial charge >= 0.3 is 5.97 Å². The van der Waals surface area contributed by atoms with Gasteiger partial charge in [-0.2, -0.15) is 0 Å². The number of carboxylic acid groups (broad SMARTS) is 1. The van der Waals surface area contributed by atoms with Crippen LogP contribution >= 0.6 is 11.6 Å². The van der Waals surface area contributed by atoms with Crippen molar-refractivity contribution in [1.82, 2.24) is 5.32 Å². The first-order chi connectivity index (χ1) is 10.5. The van der Waals surface area contributed by atoms with Gasteiger partial charge in [-0.15, -0.1) is 0 Å². The summed E-state index contributed by atoms with van der Waals surface area (Å²) >= 11 is 6.14. The van der Waals surface area contributed by atoms with Crippen molar-refractivity contribution >= 4 is 17.6 Å². The highest BCUT2D eigenvalue weighted by Gasteiger charge is 2.18. The number of hydrogen-bond acceptors (Lipinski definition) is 3. The van der Waals surface area contributed by atoms with Crippen molar-refractivity contribution in [2.45, 2.75) is 32.9 Å². The maximum Gasteiger partial charge on any atom is 0.320 e. The summed E-state index contributed by atoms with van der Waals surface area (Å²) in [4.78, 5) is 11.2. The molecule has 0 fully saturated rings. The second-order valence-electron chi connectivity index (χ2n) is 5.65. The summed E-state index contributed by atoms with van der Waals surface area (Å²) in [6.07, 6.45) is 0.577. The van der Waals surface area contributed by atoms with E-state index in [1.807, 2.05) is 44.2 Å². The molecule has 5 heteroatoms. The van der Waals surface area contributed by atoms with Crippen LogP contribution in [0.2, 0.25) is 5.02 Å². The van der Waals surface area contributed by atoms with Crippen molar-refractivity contribution in [3.8, 4) is 11.3 Å². The Labute approximate surface area is 135 Å². The minimum Gasteiger partial charge on any atom is -0.480 e. The monoisotopic (exact) mass is 321 g/mol. The van der Waals surface area contributed by atoms with Crippen molar-refractivity contribution in [3.05, 3.63) is 47.2 Å². The molecule has 2 N–H and O–H groups in total. The standard InChI is InChI=1S/C17H20ClNO3/c1-11(2)9-15(17(20)21)19-10-12-7-8-16(22-12)13-5-3-4-6-14(13)18/h3-8,11,15,19H,9-10H2,1-2H3,(H,20,21). The molecule has 2 rings (SSSR count). The molecule has 22 heavy (non-hydrogen) atoms. The number of carboxylic acids is 1. The van der Waals surface area contributed by atoms with Crippen LogP contribution in [0, 0.1) is 5.92 Å². The molecule has 0 saturated carbocycles. The third kappa shape index (κ3) is 4.36. The average molecular weight is 322 g/mol. The molecule has 1 aromatic heterocycles. The van der Waals surface area contributed by atoms with Crippen LogP contribution in [0.1, 0.15) is 26.0 Å². The Morgan fingerprint density at radius 2 is 2.00 bits per heavy atom. The number of halogens is 1. The largest absolute Gasteiger partial charge is 0.480 e. The average Bonchev–Trinajstić information content (AvgIpc) is 2.92. The minimum atomic E-state index is -0.841. The normalized spacial score (nSPS) is 12.5. The van der Waals surface area contributed by atoms with Gasteiger partial charge in [0.05, 0.1) is 11.6 Å². The predicted molar refractivity (Wildman–Crippen MR) is 86.9 cm³/mol. The molecule has 0 saturated heterocycles. The van der Waals surface area contributed by atoms with E-state index in [1.54, 1.807) is 6.07 Å². The molecule has 1 heterocycles. The molecule has 0 aliphatic heterocycles. The molecule has 1 unspecified atom stereocenters. The maximum atomic E-state index is 11.2. The van der Waals surface area contributed by atoms with Crippen molar-refractivity contribution in [3.63, 3.8) is 0 Å². The minimum absolute atomic E-state index is 0.309. The summed E-state index contributed by atoms with van der Waals surface area (Å²) in [5.74, 6) is 0.832. The van der Waals surface area contributed by atoms with E-state index in [9.17, 15) is 9.90 Å². The van der Waals surface area contributed by atoms with E-state index in [-0.39, 0.29) is 0 Å². The van der Waals surface area contributed by atoms with Gasteiger partial charge in [-0.3, -0.25) is 10.1 Å². The molecule has 0 radical (unpaired) electrons. The third-order valence-corrected chi connectivity index (χ3v) is 3.66. The molecule has 0 bridgehead atoms. The molecule has 1 aromatic carbocycles. The van der Waals surface area contributed by atoms with E-state index in [4.69, 9.17) is 16.0 Å². The fraction of sp³-hybridized carbons (Fsp3) is 0.353. The van der Waals surface area contributed by atoms with Crippen molar-refractivity contribution in [2.24, 2.45) is 5.92 Å². The van der Waals surface area contributed by atoms with E-state index < -0.39 is 12.0 Å². The predicted octanol–water partition coefficient (Wildman–Crippen LogP) is 4.19. The lowest BCUT2D eigenvalue weighted by molar-refractivity contribution is -0.140. The fourth-order valence-corrected chi connectivity index (χ4v) is 2.47. The molecule has 0 amide bonds. The van der Waals surface area contributed by atoms with Crippen LogP contribution < -0.4 is 5.32 Å². The number of benzene rings is 1. The maximum absolute atomic E-state index is 11.2. The summed E-state index contributed by atoms with van der Waals surface area (Å²) in [5.41, 5.74) is 0.826. The van der Waals surface area contributed by atoms with Gasteiger partial charge in [0.25, 0.3) is 0 Å². The van der Waals surface area contributed by atoms with Crippen LogP contribution in [-0.2, 0) is 11.3 Å². The molecule has 118 valence electrons. The Bertz CT molecular complexity index is 636. The molecule has 2 aromatic rings. The first-order valence-corrected chi connectivity index (χ1v) is 7.65. The highest BCUT2D eigenvalue weighted by atomic mass is 35.5. The lowest BCUT2D eigenvalue weighted by Gasteiger charge is -2.15. The van der Waals surface area contributed by atoms with Gasteiger partial charge in [-0.25, -0.2) is 0 Å². The molecule has 0 spiro atoms. The Balaban J connectivity index is 2.03. The lowest BCUT2D eigenvalue weighted by atomic mass is 10.0. The van der Waals surface area contributed by atoms with Gasteiger partial charge in [-0.05, 0) is 36.6 Å². The zero-order valence-corrected chi connectivity index (χ0v) is 13.4. The van der Waals surface area contributed by atoms with Crippen LogP contribution in [-0.4, -0.2) is 17.1 Å². The van der Waals surface area contributed by atoms with Crippen LogP contribution in [0.5, 0.6) is 0 Å². The SMILES string of the molecule is CC(C)CC(NCc1ccc(-c2ccccc2Cl)o1)C(=O)O. The molecule has 1 atom stereocenters. The highest BCUT2D eigenvalue weighted by Crippen LogP contribution is 2.29. The molecule has 4 nitrogen and oxygen atoms in total. The second kappa shape index (κ2) is 7.47. The number of furan rings is 1. The fourth-order valence-electron chi connectivity index (χ4n) is 2.25. The summed E-state index contributed by atoms with van der Waals surface area (Å²) in [7, 11) is 0. The second-order valence-corrected chi connectivity index (χ2v) is 6.05. The van der Waals surface area contributed by atoms with Crippen molar-refractivity contribution in [1.29, 1.82) is 0 Å². The smallest absolute Gasteiger partial charge is 0.320 e. The van der Waals surface area contributed by atoms with Crippen molar-refractivity contribution < 1.29 is 14.3 Å². The molecule has 0 aliphatic carbocycles. The Morgan fingerprint density at radius 1 is 1.27 bits per heavy atom. The number of carbonyl (C=O) groups is 1. The molecular formula is C17H20ClNO3. The van der Waals surface area contributed by atoms with Crippen LogP contribution in [0.25, 0.3) is 11.3 Å². The van der Waals surface area contributed by atoms with E-state index in [1.165, 1.54) is 0 Å². The summed E-state index contributed by atoms with van der Waals surface area (Å²) in [6.45, 7) is 4.37. The Hall–Kier alpha value is -1.78. The number of nitrogens with one attached hydrogen (secondary N) is 1. The third-order valence-electron chi connectivity index (χ3n) is 3.33. The first kappa shape index (κ1) is 16.6. The zero-order valence-electron chi connectivity index (χ0n) is 12.7. The van der Waals surface area contributed by atoms with Gasteiger partial charge in [-0.1, -0.05) is 37.6 Å². The van der Waals surface area contributed by atoms with Crippen LogP contribution in [0.15, 0.2) is 40.8 Å². The molecule has 0 aliphatic rings. The van der Waals surface area contributed by atoms with E-state index in [0.29, 0.717) is 35.4 Å². The van der Waals surface area contributed by atoms with Crippen LogP contribution in [0.4, 0.5) is 0 Å². The molecular weight excluding hydrogens is 302 g/mol. The summed E-state index contributed by atoms with van der Waals surface area (Å²) in [6, 6.07) is 10.5. The van der Waals surface area contributed by atoms with Crippen LogP contribution in [0.3, 0.4) is 0 Å². The first-order valence-electron chi connectivity index (χ1n) is 7.27. The Kier molecular flexibility index (Phi) is 5.63. The van der Waals surface area contributed by atoms with Gasteiger partial charge in [0.15, 0.2) is 0 Å². The quantitative estimate of drug-likeness (QED) is 0.802. The van der Waals surface area contributed by atoms with Gasteiger partial charge in [0.2, 0.25) is 0 Å². The lowest BCUT2D eigenvalue weighted by Crippen LogP contribution is -2.37. The number of aliphatic carboxylic acids is 1. The number of hydrogen-bond donors (Lipinski definition) is 2. The zero-order chi connectivity index (χ0) is 16.1. The van der Waals surface area contributed by atoms with E-state index in [2.05, 4.69) is 5.32 Å².